The number of fused-ring (bicyclic) bond motifs is 1. The van der Waals surface area contributed by atoms with Crippen LogP contribution in [-0.4, -0.2) is 44.6 Å². The molecule has 0 atom stereocenters. The van der Waals surface area contributed by atoms with Crippen LogP contribution in [0.2, 0.25) is 0 Å². The average molecular weight is 519 g/mol. The lowest BCUT2D eigenvalue weighted by Crippen LogP contribution is -2.24. The molecule has 10 nitrogen and oxygen atoms in total. The van der Waals surface area contributed by atoms with Gasteiger partial charge < -0.3 is 20.1 Å². The summed E-state index contributed by atoms with van der Waals surface area (Å²) in [5.74, 6) is 0.00195. The van der Waals surface area contributed by atoms with Crippen LogP contribution in [0, 0.1) is 5.82 Å². The van der Waals surface area contributed by atoms with Crippen molar-refractivity contribution >= 4 is 23.3 Å². The van der Waals surface area contributed by atoms with E-state index in [0.29, 0.717) is 34.0 Å². The Morgan fingerprint density at radius 3 is 2.74 bits per heavy atom. The van der Waals surface area contributed by atoms with Gasteiger partial charge in [-0.25, -0.2) is 18.9 Å². The molecule has 0 bridgehead atoms. The zero-order valence-corrected chi connectivity index (χ0v) is 21.0. The molecule has 0 radical (unpaired) electrons. The van der Waals surface area contributed by atoms with Crippen molar-refractivity contribution in [3.05, 3.63) is 65.7 Å². The first kappa shape index (κ1) is 25.1. The number of anilines is 1. The maximum atomic E-state index is 14.0. The number of hydrogen-bond acceptors (Lipinski definition) is 7. The van der Waals surface area contributed by atoms with Crippen molar-refractivity contribution in [2.75, 3.05) is 12.4 Å². The Morgan fingerprint density at radius 1 is 1.16 bits per heavy atom. The monoisotopic (exact) mass is 518 g/mol. The normalized spacial score (nSPS) is 13.4. The highest BCUT2D eigenvalue weighted by Crippen LogP contribution is 2.28. The molecular weight excluding hydrogens is 491 g/mol. The van der Waals surface area contributed by atoms with Crippen molar-refractivity contribution in [1.29, 1.82) is 0 Å². The Bertz CT molecular complexity index is 1500. The first-order valence-electron chi connectivity index (χ1n) is 12.3. The second kappa shape index (κ2) is 10.8. The molecular formula is C27H27FN6O4. The number of carbonyl (C=O) groups is 2. The van der Waals surface area contributed by atoms with Crippen LogP contribution in [0.25, 0.3) is 16.9 Å². The number of halogens is 1. The molecule has 3 heterocycles. The van der Waals surface area contributed by atoms with Gasteiger partial charge in [0.15, 0.2) is 11.5 Å². The molecule has 2 N–H and O–H groups in total. The van der Waals surface area contributed by atoms with Gasteiger partial charge in [-0.3, -0.25) is 9.59 Å². The number of imidazole rings is 1. The Hall–Kier alpha value is -4.54. The van der Waals surface area contributed by atoms with Crippen LogP contribution in [0.5, 0.6) is 11.6 Å². The fourth-order valence-corrected chi connectivity index (χ4v) is 4.45. The number of nitrogens with zero attached hydrogens (tertiary/aromatic N) is 4. The van der Waals surface area contributed by atoms with Crippen molar-refractivity contribution in [3.8, 4) is 22.9 Å². The van der Waals surface area contributed by atoms with Crippen molar-refractivity contribution in [2.45, 2.75) is 45.3 Å². The summed E-state index contributed by atoms with van der Waals surface area (Å²) in [6.45, 7) is 1.47. The summed E-state index contributed by atoms with van der Waals surface area (Å²) in [7, 11) is 1.43. The van der Waals surface area contributed by atoms with Gasteiger partial charge in [0.05, 0.1) is 25.1 Å². The molecule has 0 saturated heterocycles. The van der Waals surface area contributed by atoms with Gasteiger partial charge >= 0.3 is 0 Å². The lowest BCUT2D eigenvalue weighted by molar-refractivity contribution is -0.114. The Labute approximate surface area is 218 Å². The number of amides is 2. The predicted molar refractivity (Wildman–Crippen MR) is 138 cm³/mol. The molecule has 0 unspecified atom stereocenters. The second-order valence-corrected chi connectivity index (χ2v) is 9.07. The molecule has 1 aromatic carbocycles. The highest BCUT2D eigenvalue weighted by Gasteiger charge is 2.20. The third kappa shape index (κ3) is 5.56. The van der Waals surface area contributed by atoms with Crippen LogP contribution in [0.15, 0.2) is 48.8 Å². The Balaban J connectivity index is 1.37. The van der Waals surface area contributed by atoms with E-state index in [1.54, 1.807) is 36.7 Å². The zero-order chi connectivity index (χ0) is 26.6. The van der Waals surface area contributed by atoms with Gasteiger partial charge in [0.1, 0.15) is 17.1 Å². The molecule has 196 valence electrons. The van der Waals surface area contributed by atoms with Crippen LogP contribution in [0.3, 0.4) is 0 Å². The third-order valence-corrected chi connectivity index (χ3v) is 6.27. The summed E-state index contributed by atoms with van der Waals surface area (Å²) in [5.41, 5.74) is 2.40. The maximum absolute atomic E-state index is 14.0. The highest BCUT2D eigenvalue weighted by atomic mass is 19.1. The van der Waals surface area contributed by atoms with Gasteiger partial charge in [-0.05, 0) is 62.1 Å². The van der Waals surface area contributed by atoms with Crippen molar-refractivity contribution in [3.63, 3.8) is 0 Å². The number of aromatic nitrogens is 4. The van der Waals surface area contributed by atoms with Gasteiger partial charge in [-0.2, -0.15) is 5.10 Å². The Morgan fingerprint density at radius 2 is 1.97 bits per heavy atom. The largest absolute Gasteiger partial charge is 0.490 e. The second-order valence-electron chi connectivity index (χ2n) is 9.07. The van der Waals surface area contributed by atoms with E-state index < -0.39 is 11.7 Å². The van der Waals surface area contributed by atoms with Crippen LogP contribution in [0.1, 0.15) is 48.5 Å². The predicted octanol–water partition coefficient (Wildman–Crippen LogP) is 4.15. The number of methoxy groups -OCH3 is 1. The van der Waals surface area contributed by atoms with Gasteiger partial charge in [0.2, 0.25) is 11.8 Å². The van der Waals surface area contributed by atoms with E-state index in [4.69, 9.17) is 9.47 Å². The lowest BCUT2D eigenvalue weighted by atomic mass is 10.1. The molecule has 1 fully saturated rings. The standard InChI is InChI=1S/C27H27FN6O4/c1-16(35)31-24-15-34-25(32-24)10-8-22(33-34)17-12-21(27(37-2)30-13-17)26(36)29-14-18-11-19(28)7-9-23(18)38-20-5-3-4-6-20/h7-13,15,20H,3-6,14H2,1-2H3,(H,29,36)(H,31,35). The molecule has 1 aliphatic carbocycles. The average Bonchev–Trinajstić information content (AvgIpc) is 3.56. The minimum atomic E-state index is -0.441. The number of nitrogens with one attached hydrogen (secondary N) is 2. The zero-order valence-electron chi connectivity index (χ0n) is 21.0. The molecule has 1 aliphatic rings. The third-order valence-electron chi connectivity index (χ3n) is 6.27. The molecule has 3 aromatic heterocycles. The summed E-state index contributed by atoms with van der Waals surface area (Å²) >= 11 is 0. The summed E-state index contributed by atoms with van der Waals surface area (Å²) in [5, 5.41) is 9.98. The molecule has 0 spiro atoms. The lowest BCUT2D eigenvalue weighted by Gasteiger charge is -2.17. The SMILES string of the molecule is COc1ncc(-c2ccc3nc(NC(C)=O)cn3n2)cc1C(=O)NCc1cc(F)ccc1OC1CCCC1. The van der Waals surface area contributed by atoms with E-state index >= 15 is 0 Å². The first-order chi connectivity index (χ1) is 18.4. The van der Waals surface area contributed by atoms with Crippen LogP contribution in [-0.2, 0) is 11.3 Å². The number of benzene rings is 1. The topological polar surface area (TPSA) is 120 Å². The number of hydrogen-bond donors (Lipinski definition) is 2. The Kier molecular flexibility index (Phi) is 7.16. The number of rotatable bonds is 8. The smallest absolute Gasteiger partial charge is 0.257 e. The number of ether oxygens (including phenoxy) is 2. The van der Waals surface area contributed by atoms with E-state index in [-0.39, 0.29) is 30.0 Å². The van der Waals surface area contributed by atoms with Crippen molar-refractivity contribution < 1.29 is 23.5 Å². The molecule has 11 heteroatoms. The highest BCUT2D eigenvalue weighted by molar-refractivity contribution is 5.97. The molecule has 4 aromatic rings. The fraction of sp³-hybridized carbons (Fsp3) is 0.296. The summed E-state index contributed by atoms with van der Waals surface area (Å²) in [6.07, 6.45) is 7.40. The minimum absolute atomic E-state index is 0.0667. The fourth-order valence-electron chi connectivity index (χ4n) is 4.45. The van der Waals surface area contributed by atoms with Crippen molar-refractivity contribution in [2.24, 2.45) is 0 Å². The van der Waals surface area contributed by atoms with E-state index in [1.807, 2.05) is 0 Å². The molecule has 5 rings (SSSR count). The first-order valence-corrected chi connectivity index (χ1v) is 12.3. The van der Waals surface area contributed by atoms with Gasteiger partial charge in [0.25, 0.3) is 5.91 Å². The van der Waals surface area contributed by atoms with E-state index in [1.165, 1.54) is 30.7 Å². The van der Waals surface area contributed by atoms with Gasteiger partial charge in [0, 0.05) is 30.8 Å². The van der Waals surface area contributed by atoms with Crippen LogP contribution >= 0.6 is 0 Å². The van der Waals surface area contributed by atoms with Gasteiger partial charge in [-0.1, -0.05) is 0 Å². The molecule has 2 amide bonds. The molecule has 0 aliphatic heterocycles. The maximum Gasteiger partial charge on any atom is 0.257 e. The van der Waals surface area contributed by atoms with Crippen LogP contribution < -0.4 is 20.1 Å². The number of pyridine rings is 1. The summed E-state index contributed by atoms with van der Waals surface area (Å²) < 4.78 is 26.9. The summed E-state index contributed by atoms with van der Waals surface area (Å²) in [6, 6.07) is 9.44. The van der Waals surface area contributed by atoms with Crippen LogP contribution in [0.4, 0.5) is 10.2 Å². The van der Waals surface area contributed by atoms with E-state index in [2.05, 4.69) is 25.7 Å². The van der Waals surface area contributed by atoms with E-state index in [9.17, 15) is 14.0 Å². The number of carbonyl (C=O) groups excluding carboxylic acids is 2. The van der Waals surface area contributed by atoms with Crippen molar-refractivity contribution in [1.82, 2.24) is 24.9 Å². The van der Waals surface area contributed by atoms with Gasteiger partial charge in [-0.15, -0.1) is 0 Å². The molecule has 38 heavy (non-hydrogen) atoms. The summed E-state index contributed by atoms with van der Waals surface area (Å²) in [4.78, 5) is 33.1. The minimum Gasteiger partial charge on any atom is -0.490 e. The molecule has 1 saturated carbocycles. The quantitative estimate of drug-likeness (QED) is 0.360. The van der Waals surface area contributed by atoms with E-state index in [0.717, 1.165) is 25.7 Å².